The summed E-state index contributed by atoms with van der Waals surface area (Å²) in [6.45, 7) is 0. The first-order valence-corrected chi connectivity index (χ1v) is 5.99. The van der Waals surface area contributed by atoms with Crippen molar-refractivity contribution in [1.29, 1.82) is 0 Å². The molecule has 2 aromatic rings. The Morgan fingerprint density at radius 2 is 2.19 bits per heavy atom. The average Bonchev–Trinajstić information content (AvgIpc) is 2.70. The Morgan fingerprint density at radius 3 is 2.81 bits per heavy atom. The zero-order chi connectivity index (χ0) is 11.6. The lowest BCUT2D eigenvalue weighted by Gasteiger charge is -2.05. The first kappa shape index (κ1) is 10.9. The van der Waals surface area contributed by atoms with Crippen LogP contribution in [0.15, 0.2) is 40.1 Å². The number of sulfonamides is 1. The lowest BCUT2D eigenvalue weighted by molar-refractivity contribution is 0.423. The molecule has 0 radical (unpaired) electrons. The minimum absolute atomic E-state index is 0.0833. The maximum Gasteiger partial charge on any atom is 0.266 e. The van der Waals surface area contributed by atoms with Crippen LogP contribution < -0.4 is 4.72 Å². The van der Waals surface area contributed by atoms with Crippen LogP contribution in [0.3, 0.4) is 0 Å². The van der Waals surface area contributed by atoms with Crippen LogP contribution in [-0.2, 0) is 10.0 Å². The predicted octanol–water partition coefficient (Wildman–Crippen LogP) is 1.52. The van der Waals surface area contributed by atoms with E-state index in [0.29, 0.717) is 0 Å². The molecule has 0 spiro atoms. The number of pyridine rings is 1. The molecule has 2 aromatic heterocycles. The van der Waals surface area contributed by atoms with Crippen molar-refractivity contribution in [2.24, 2.45) is 0 Å². The van der Waals surface area contributed by atoms with Crippen molar-refractivity contribution in [2.75, 3.05) is 4.72 Å². The van der Waals surface area contributed by atoms with E-state index in [0.717, 1.165) is 0 Å². The van der Waals surface area contributed by atoms with E-state index in [2.05, 4.69) is 19.4 Å². The number of hydrogen-bond donors (Lipinski definition) is 1. The highest BCUT2D eigenvalue weighted by Crippen LogP contribution is 2.20. The first-order valence-electron chi connectivity index (χ1n) is 4.13. The summed E-state index contributed by atoms with van der Waals surface area (Å²) in [6, 6.07) is 4.20. The van der Waals surface area contributed by atoms with Crippen molar-refractivity contribution in [2.45, 2.75) is 4.90 Å². The molecule has 2 rings (SSSR count). The van der Waals surface area contributed by atoms with E-state index >= 15 is 0 Å². The molecule has 0 aliphatic heterocycles. The molecule has 0 saturated carbocycles. The predicted molar refractivity (Wildman–Crippen MR) is 56.6 cm³/mol. The van der Waals surface area contributed by atoms with Crippen LogP contribution >= 0.6 is 11.6 Å². The van der Waals surface area contributed by atoms with Crippen LogP contribution in [0.5, 0.6) is 0 Å². The van der Waals surface area contributed by atoms with Crippen LogP contribution in [-0.4, -0.2) is 18.6 Å². The SMILES string of the molecule is O=S(=O)(Nc1ccon1)c1cccnc1Cl. The molecular weight excluding hydrogens is 254 g/mol. The third-order valence-electron chi connectivity index (χ3n) is 1.69. The third-order valence-corrected chi connectivity index (χ3v) is 3.49. The van der Waals surface area contributed by atoms with E-state index in [-0.39, 0.29) is 15.9 Å². The van der Waals surface area contributed by atoms with Crippen LogP contribution in [0.4, 0.5) is 5.82 Å². The molecule has 8 heteroatoms. The summed E-state index contributed by atoms with van der Waals surface area (Å²) in [4.78, 5) is 3.57. The molecule has 16 heavy (non-hydrogen) atoms. The van der Waals surface area contributed by atoms with Gasteiger partial charge in [-0.15, -0.1) is 0 Å². The molecule has 0 atom stereocenters. The lowest BCUT2D eigenvalue weighted by Crippen LogP contribution is -2.13. The zero-order valence-electron chi connectivity index (χ0n) is 7.79. The fraction of sp³-hybridized carbons (Fsp3) is 0. The van der Waals surface area contributed by atoms with Gasteiger partial charge in [-0.3, -0.25) is 4.72 Å². The zero-order valence-corrected chi connectivity index (χ0v) is 9.36. The Kier molecular flexibility index (Phi) is 2.80. The summed E-state index contributed by atoms with van der Waals surface area (Å²) in [7, 11) is -3.78. The summed E-state index contributed by atoms with van der Waals surface area (Å²) in [6.07, 6.45) is 2.65. The largest absolute Gasteiger partial charge is 0.363 e. The number of nitrogens with one attached hydrogen (secondary N) is 1. The molecule has 0 unspecified atom stereocenters. The highest BCUT2D eigenvalue weighted by molar-refractivity contribution is 7.92. The number of nitrogens with zero attached hydrogens (tertiary/aromatic N) is 2. The van der Waals surface area contributed by atoms with E-state index in [4.69, 9.17) is 11.6 Å². The Balaban J connectivity index is 2.37. The van der Waals surface area contributed by atoms with Gasteiger partial charge in [-0.25, -0.2) is 13.4 Å². The van der Waals surface area contributed by atoms with Crippen molar-refractivity contribution < 1.29 is 12.9 Å². The minimum atomic E-state index is -3.78. The third kappa shape index (κ3) is 2.15. The molecule has 1 N–H and O–H groups in total. The van der Waals surface area contributed by atoms with Gasteiger partial charge in [-0.2, -0.15) is 0 Å². The molecule has 0 fully saturated rings. The quantitative estimate of drug-likeness (QED) is 0.845. The van der Waals surface area contributed by atoms with Gasteiger partial charge in [0, 0.05) is 12.3 Å². The molecule has 2 heterocycles. The number of aromatic nitrogens is 2. The fourth-order valence-electron chi connectivity index (χ4n) is 1.03. The molecule has 0 aliphatic rings. The van der Waals surface area contributed by atoms with Crippen molar-refractivity contribution in [3.05, 3.63) is 35.8 Å². The molecule has 0 saturated heterocycles. The van der Waals surface area contributed by atoms with E-state index < -0.39 is 10.0 Å². The number of anilines is 1. The summed E-state index contributed by atoms with van der Waals surface area (Å²) in [5.74, 6) is 0.0833. The van der Waals surface area contributed by atoms with Crippen LogP contribution in [0.25, 0.3) is 0 Å². The van der Waals surface area contributed by atoms with Gasteiger partial charge >= 0.3 is 0 Å². The van der Waals surface area contributed by atoms with Crippen molar-refractivity contribution >= 4 is 27.4 Å². The van der Waals surface area contributed by atoms with Gasteiger partial charge in [0.2, 0.25) is 0 Å². The minimum Gasteiger partial charge on any atom is -0.363 e. The molecule has 6 nitrogen and oxygen atoms in total. The van der Waals surface area contributed by atoms with Crippen molar-refractivity contribution in [3.8, 4) is 0 Å². The Labute approximate surface area is 96.3 Å². The van der Waals surface area contributed by atoms with Gasteiger partial charge in [0.25, 0.3) is 10.0 Å². The van der Waals surface area contributed by atoms with Crippen LogP contribution in [0.1, 0.15) is 0 Å². The summed E-state index contributed by atoms with van der Waals surface area (Å²) in [5.41, 5.74) is 0. The average molecular weight is 260 g/mol. The van der Waals surface area contributed by atoms with Crippen LogP contribution in [0, 0.1) is 0 Å². The highest BCUT2D eigenvalue weighted by atomic mass is 35.5. The van der Waals surface area contributed by atoms with E-state index in [1.807, 2.05) is 0 Å². The summed E-state index contributed by atoms with van der Waals surface area (Å²) < 4.78 is 30.3. The topological polar surface area (TPSA) is 85.1 Å². The summed E-state index contributed by atoms with van der Waals surface area (Å²) >= 11 is 5.67. The molecule has 0 aromatic carbocycles. The highest BCUT2D eigenvalue weighted by Gasteiger charge is 2.19. The smallest absolute Gasteiger partial charge is 0.266 e. The fourth-order valence-corrected chi connectivity index (χ4v) is 2.48. The Morgan fingerprint density at radius 1 is 1.38 bits per heavy atom. The van der Waals surface area contributed by atoms with Crippen molar-refractivity contribution in [3.63, 3.8) is 0 Å². The normalized spacial score (nSPS) is 11.3. The number of hydrogen-bond acceptors (Lipinski definition) is 5. The van der Waals surface area contributed by atoms with Gasteiger partial charge in [0.05, 0.1) is 0 Å². The Hall–Kier alpha value is -1.60. The first-order chi connectivity index (χ1) is 7.59. The monoisotopic (exact) mass is 259 g/mol. The maximum absolute atomic E-state index is 11.8. The Bertz CT molecular complexity index is 582. The van der Waals surface area contributed by atoms with Gasteiger partial charge in [0.15, 0.2) is 5.82 Å². The second kappa shape index (κ2) is 4.11. The van der Waals surface area contributed by atoms with E-state index in [9.17, 15) is 8.42 Å². The molecule has 0 aliphatic carbocycles. The van der Waals surface area contributed by atoms with E-state index in [1.54, 1.807) is 0 Å². The second-order valence-electron chi connectivity index (χ2n) is 2.78. The lowest BCUT2D eigenvalue weighted by atomic mass is 10.5. The molecule has 84 valence electrons. The van der Waals surface area contributed by atoms with Crippen molar-refractivity contribution in [1.82, 2.24) is 10.1 Å². The van der Waals surface area contributed by atoms with Gasteiger partial charge in [0.1, 0.15) is 16.3 Å². The standard InChI is InChI=1S/C8H6ClN3O3S/c9-8-6(2-1-4-10-8)16(13,14)12-7-3-5-15-11-7/h1-5H,(H,11,12). The summed E-state index contributed by atoms with van der Waals surface area (Å²) in [5, 5.41) is 3.33. The van der Waals surface area contributed by atoms with Gasteiger partial charge in [-0.05, 0) is 12.1 Å². The number of halogens is 1. The maximum atomic E-state index is 11.8. The molecular formula is C8H6ClN3O3S. The van der Waals surface area contributed by atoms with E-state index in [1.165, 1.54) is 30.7 Å². The van der Waals surface area contributed by atoms with Gasteiger partial charge in [-0.1, -0.05) is 16.8 Å². The van der Waals surface area contributed by atoms with Crippen LogP contribution in [0.2, 0.25) is 5.15 Å². The second-order valence-corrected chi connectivity index (χ2v) is 4.79. The molecule has 0 amide bonds. The number of rotatable bonds is 3. The molecule has 0 bridgehead atoms. The van der Waals surface area contributed by atoms with Gasteiger partial charge < -0.3 is 4.52 Å².